The number of aromatic amines is 1. The van der Waals surface area contributed by atoms with E-state index in [0.29, 0.717) is 11.8 Å². The highest BCUT2D eigenvalue weighted by Crippen LogP contribution is 2.34. The lowest BCUT2D eigenvalue weighted by atomic mass is 10.1. The molecule has 0 saturated heterocycles. The summed E-state index contributed by atoms with van der Waals surface area (Å²) in [6.45, 7) is 0. The van der Waals surface area contributed by atoms with Crippen LogP contribution in [-0.2, 0) is 6.18 Å². The summed E-state index contributed by atoms with van der Waals surface area (Å²) in [6.07, 6.45) is -1.87. The Labute approximate surface area is 105 Å². The van der Waals surface area contributed by atoms with Gasteiger partial charge in [-0.1, -0.05) is 0 Å². The van der Waals surface area contributed by atoms with E-state index >= 15 is 0 Å². The van der Waals surface area contributed by atoms with E-state index in [0.717, 1.165) is 6.07 Å². The normalized spacial score (nSPS) is 11.3. The summed E-state index contributed by atoms with van der Waals surface area (Å²) in [6, 6.07) is 2.98. The predicted octanol–water partition coefficient (Wildman–Crippen LogP) is 2.26. The number of hydrogen-bond donors (Lipinski definition) is 3. The number of amides is 1. The van der Waals surface area contributed by atoms with Crippen molar-refractivity contribution in [2.75, 3.05) is 11.1 Å². The molecule has 0 atom stereocenters. The molecule has 1 amide bonds. The maximum absolute atomic E-state index is 12.6. The maximum atomic E-state index is 12.6. The van der Waals surface area contributed by atoms with Crippen LogP contribution in [-0.4, -0.2) is 16.1 Å². The van der Waals surface area contributed by atoms with E-state index in [1.807, 2.05) is 0 Å². The summed E-state index contributed by atoms with van der Waals surface area (Å²) in [5.74, 6) is -0.674. The van der Waals surface area contributed by atoms with Crippen molar-refractivity contribution in [1.29, 1.82) is 0 Å². The fourth-order valence-corrected chi connectivity index (χ4v) is 1.47. The zero-order valence-corrected chi connectivity index (χ0v) is 9.45. The standard InChI is InChI=1S/C11H9F3N4O/c12-11(13,14)8-3-6(1-2-9(8)15)10(19)18-7-4-16-17-5-7/h1-5H,15H2,(H,16,17)(H,18,19). The smallest absolute Gasteiger partial charge is 0.398 e. The minimum atomic E-state index is -4.60. The number of aromatic nitrogens is 2. The lowest BCUT2D eigenvalue weighted by molar-refractivity contribution is -0.136. The molecule has 100 valence electrons. The van der Waals surface area contributed by atoms with E-state index in [4.69, 9.17) is 5.73 Å². The molecule has 0 aliphatic carbocycles. The van der Waals surface area contributed by atoms with E-state index in [1.165, 1.54) is 18.5 Å². The summed E-state index contributed by atoms with van der Waals surface area (Å²) in [5.41, 5.74) is 4.01. The molecule has 0 aliphatic rings. The highest BCUT2D eigenvalue weighted by molar-refractivity contribution is 6.04. The van der Waals surface area contributed by atoms with Gasteiger partial charge in [0.05, 0.1) is 17.4 Å². The minimum absolute atomic E-state index is 0.136. The Bertz CT molecular complexity index is 592. The molecule has 5 nitrogen and oxygen atoms in total. The van der Waals surface area contributed by atoms with Gasteiger partial charge in [0.1, 0.15) is 0 Å². The molecule has 0 bridgehead atoms. The zero-order valence-electron chi connectivity index (χ0n) is 9.45. The maximum Gasteiger partial charge on any atom is 0.418 e. The number of alkyl halides is 3. The van der Waals surface area contributed by atoms with E-state index in [1.54, 1.807) is 0 Å². The Balaban J connectivity index is 2.28. The summed E-state index contributed by atoms with van der Waals surface area (Å²) >= 11 is 0. The van der Waals surface area contributed by atoms with Crippen LogP contribution in [0.3, 0.4) is 0 Å². The molecule has 1 aromatic heterocycles. The summed E-state index contributed by atoms with van der Waals surface area (Å²) in [7, 11) is 0. The van der Waals surface area contributed by atoms with Gasteiger partial charge in [-0.15, -0.1) is 0 Å². The van der Waals surface area contributed by atoms with Crippen molar-refractivity contribution in [2.24, 2.45) is 0 Å². The van der Waals surface area contributed by atoms with E-state index in [-0.39, 0.29) is 5.56 Å². The largest absolute Gasteiger partial charge is 0.418 e. The highest BCUT2D eigenvalue weighted by Gasteiger charge is 2.33. The first-order chi connectivity index (χ1) is 8.88. The summed E-state index contributed by atoms with van der Waals surface area (Å²) < 4.78 is 37.9. The van der Waals surface area contributed by atoms with Crippen LogP contribution in [0.4, 0.5) is 24.5 Å². The zero-order chi connectivity index (χ0) is 14.0. The van der Waals surface area contributed by atoms with Crippen LogP contribution >= 0.6 is 0 Å². The number of anilines is 2. The third-order valence-electron chi connectivity index (χ3n) is 2.38. The number of nitrogens with zero attached hydrogens (tertiary/aromatic N) is 1. The number of benzene rings is 1. The molecule has 0 fully saturated rings. The summed E-state index contributed by atoms with van der Waals surface area (Å²) in [4.78, 5) is 11.7. The van der Waals surface area contributed by atoms with Crippen molar-refractivity contribution in [2.45, 2.75) is 6.18 Å². The first-order valence-electron chi connectivity index (χ1n) is 5.15. The topological polar surface area (TPSA) is 83.8 Å². The third kappa shape index (κ3) is 2.84. The van der Waals surface area contributed by atoms with Gasteiger partial charge in [-0.25, -0.2) is 0 Å². The average molecular weight is 270 g/mol. The van der Waals surface area contributed by atoms with Crippen LogP contribution in [0.5, 0.6) is 0 Å². The Morgan fingerprint density at radius 2 is 2.11 bits per heavy atom. The van der Waals surface area contributed by atoms with Gasteiger partial charge in [-0.3, -0.25) is 9.89 Å². The van der Waals surface area contributed by atoms with E-state index in [9.17, 15) is 18.0 Å². The molecule has 8 heteroatoms. The highest BCUT2D eigenvalue weighted by atomic mass is 19.4. The SMILES string of the molecule is Nc1ccc(C(=O)Nc2cn[nH]c2)cc1C(F)(F)F. The molecule has 1 heterocycles. The molecule has 4 N–H and O–H groups in total. The lowest BCUT2D eigenvalue weighted by Gasteiger charge is -2.11. The van der Waals surface area contributed by atoms with Gasteiger partial charge < -0.3 is 11.1 Å². The van der Waals surface area contributed by atoms with E-state index < -0.39 is 23.3 Å². The molecule has 0 unspecified atom stereocenters. The predicted molar refractivity (Wildman–Crippen MR) is 62.4 cm³/mol. The fraction of sp³-hybridized carbons (Fsp3) is 0.0909. The van der Waals surface area contributed by atoms with Gasteiger partial charge >= 0.3 is 6.18 Å². The number of nitrogens with one attached hydrogen (secondary N) is 2. The van der Waals surface area contributed by atoms with Crippen LogP contribution in [0, 0.1) is 0 Å². The number of H-pyrrole nitrogens is 1. The second kappa shape index (κ2) is 4.63. The van der Waals surface area contributed by atoms with Crippen molar-refractivity contribution < 1.29 is 18.0 Å². The van der Waals surface area contributed by atoms with Crippen molar-refractivity contribution >= 4 is 17.3 Å². The molecule has 0 radical (unpaired) electrons. The Morgan fingerprint density at radius 3 is 2.68 bits per heavy atom. The van der Waals surface area contributed by atoms with E-state index in [2.05, 4.69) is 15.5 Å². The first-order valence-corrected chi connectivity index (χ1v) is 5.15. The fourth-order valence-electron chi connectivity index (χ4n) is 1.47. The molecule has 0 aliphatic heterocycles. The number of carbonyl (C=O) groups excluding carboxylic acids is 1. The second-order valence-electron chi connectivity index (χ2n) is 3.74. The van der Waals surface area contributed by atoms with Crippen LogP contribution in [0.25, 0.3) is 0 Å². The number of nitrogen functional groups attached to an aromatic ring is 1. The Morgan fingerprint density at radius 1 is 1.37 bits per heavy atom. The van der Waals surface area contributed by atoms with Gasteiger partial charge in [0, 0.05) is 17.4 Å². The van der Waals surface area contributed by atoms with Gasteiger partial charge in [-0.05, 0) is 18.2 Å². The average Bonchev–Trinajstić information content (AvgIpc) is 2.80. The van der Waals surface area contributed by atoms with Crippen LogP contribution in [0.15, 0.2) is 30.6 Å². The Hall–Kier alpha value is -2.51. The third-order valence-corrected chi connectivity index (χ3v) is 2.38. The molecule has 0 saturated carbocycles. The second-order valence-corrected chi connectivity index (χ2v) is 3.74. The quantitative estimate of drug-likeness (QED) is 0.732. The van der Waals surface area contributed by atoms with Crippen LogP contribution in [0.2, 0.25) is 0 Å². The van der Waals surface area contributed by atoms with Gasteiger partial charge in [0.2, 0.25) is 0 Å². The van der Waals surface area contributed by atoms with Gasteiger partial charge in [0.25, 0.3) is 5.91 Å². The van der Waals surface area contributed by atoms with Crippen LogP contribution < -0.4 is 11.1 Å². The number of hydrogen-bond acceptors (Lipinski definition) is 3. The number of rotatable bonds is 2. The van der Waals surface area contributed by atoms with Crippen molar-refractivity contribution in [3.63, 3.8) is 0 Å². The Kier molecular flexibility index (Phi) is 3.16. The number of carbonyl (C=O) groups is 1. The first kappa shape index (κ1) is 12.9. The molecule has 0 spiro atoms. The van der Waals surface area contributed by atoms with Gasteiger partial charge in [0.15, 0.2) is 0 Å². The minimum Gasteiger partial charge on any atom is -0.398 e. The molecule has 19 heavy (non-hydrogen) atoms. The number of halogens is 3. The summed E-state index contributed by atoms with van der Waals surface area (Å²) in [5, 5.41) is 8.46. The molecule has 1 aromatic carbocycles. The van der Waals surface area contributed by atoms with Crippen molar-refractivity contribution in [1.82, 2.24) is 10.2 Å². The van der Waals surface area contributed by atoms with Gasteiger partial charge in [-0.2, -0.15) is 18.3 Å². The molecular formula is C11H9F3N4O. The number of nitrogens with two attached hydrogens (primary N) is 1. The molecule has 2 aromatic rings. The van der Waals surface area contributed by atoms with Crippen molar-refractivity contribution in [3.8, 4) is 0 Å². The molecule has 2 rings (SSSR count). The lowest BCUT2D eigenvalue weighted by Crippen LogP contribution is -2.15. The molecular weight excluding hydrogens is 261 g/mol. The monoisotopic (exact) mass is 270 g/mol. The van der Waals surface area contributed by atoms with Crippen LogP contribution in [0.1, 0.15) is 15.9 Å². The van der Waals surface area contributed by atoms with Crippen molar-refractivity contribution in [3.05, 3.63) is 41.7 Å².